The number of benzene rings is 1. The van der Waals surface area contributed by atoms with Gasteiger partial charge in [-0.05, 0) is 24.3 Å². The van der Waals surface area contributed by atoms with Gasteiger partial charge in [-0.25, -0.2) is 0 Å². The summed E-state index contributed by atoms with van der Waals surface area (Å²) in [5.74, 6) is -0.0694. The zero-order valence-electron chi connectivity index (χ0n) is 9.28. The van der Waals surface area contributed by atoms with Gasteiger partial charge < -0.3 is 5.11 Å². The topological polar surface area (TPSA) is 78.8 Å². The Labute approximate surface area is 113 Å². The molecule has 0 bridgehead atoms. The van der Waals surface area contributed by atoms with Gasteiger partial charge in [0.15, 0.2) is 0 Å². The van der Waals surface area contributed by atoms with E-state index in [4.69, 9.17) is 3.67 Å². The maximum absolute atomic E-state index is 11.3. The van der Waals surface area contributed by atoms with Crippen LogP contribution in [0.2, 0.25) is 0 Å². The van der Waals surface area contributed by atoms with Crippen LogP contribution in [0.15, 0.2) is 53.7 Å². The SMILES string of the molecule is O=C1C=CC=CC1=NNc1ccccc1O.[O]=[V]. The molecule has 0 aromatic heterocycles. The number of carbonyl (C=O) groups is 1. The molecule has 1 aromatic rings. The standard InChI is InChI=1S/C12H10N2O2.O.V/c15-11-7-3-1-5-9(11)13-14-10-6-2-4-8-12(10)16;;/h1-8,13,15H;;. The second kappa shape index (κ2) is 7.37. The monoisotopic (exact) mass is 281 g/mol. The molecule has 18 heavy (non-hydrogen) atoms. The number of hydrazone groups is 1. The number of phenolic OH excluding ortho intramolecular Hbond substituents is 1. The number of anilines is 1. The predicted octanol–water partition coefficient (Wildman–Crippen LogP) is 1.73. The summed E-state index contributed by atoms with van der Waals surface area (Å²) in [5, 5.41) is 13.4. The van der Waals surface area contributed by atoms with Gasteiger partial charge in [-0.3, -0.25) is 10.2 Å². The van der Waals surface area contributed by atoms with Gasteiger partial charge in [0.2, 0.25) is 5.78 Å². The van der Waals surface area contributed by atoms with Crippen LogP contribution in [0.3, 0.4) is 0 Å². The first kappa shape index (κ1) is 14.1. The van der Waals surface area contributed by atoms with Crippen LogP contribution in [-0.2, 0) is 25.8 Å². The molecule has 0 heterocycles. The summed E-state index contributed by atoms with van der Waals surface area (Å²) in [5.41, 5.74) is 3.42. The Morgan fingerprint density at radius 2 is 1.78 bits per heavy atom. The van der Waals surface area contributed by atoms with Crippen molar-refractivity contribution in [3.05, 3.63) is 48.6 Å². The zero-order valence-corrected chi connectivity index (χ0v) is 10.7. The Bertz CT molecular complexity index is 524. The summed E-state index contributed by atoms with van der Waals surface area (Å²) in [4.78, 5) is 11.3. The predicted molar refractivity (Wildman–Crippen MR) is 63.1 cm³/mol. The van der Waals surface area contributed by atoms with Crippen molar-refractivity contribution in [2.24, 2.45) is 5.10 Å². The van der Waals surface area contributed by atoms with Gasteiger partial charge in [-0.1, -0.05) is 24.3 Å². The van der Waals surface area contributed by atoms with Crippen LogP contribution in [0.5, 0.6) is 5.75 Å². The Kier molecular flexibility index (Phi) is 5.77. The molecular weight excluding hydrogens is 271 g/mol. The molecule has 1 aromatic carbocycles. The van der Waals surface area contributed by atoms with Crippen LogP contribution in [-0.4, -0.2) is 16.6 Å². The van der Waals surface area contributed by atoms with Gasteiger partial charge in [0.25, 0.3) is 0 Å². The average Bonchev–Trinajstić information content (AvgIpc) is 2.42. The zero-order chi connectivity index (χ0) is 13.4. The number of phenols is 1. The van der Waals surface area contributed by atoms with Crippen molar-refractivity contribution in [3.8, 4) is 5.75 Å². The third-order valence-electron chi connectivity index (χ3n) is 2.07. The number of nitrogens with one attached hydrogen (secondary N) is 1. The molecule has 1 aliphatic carbocycles. The van der Waals surface area contributed by atoms with Crippen LogP contribution in [0.1, 0.15) is 0 Å². The van der Waals surface area contributed by atoms with E-state index in [2.05, 4.69) is 10.5 Å². The number of para-hydroxylation sites is 2. The second-order valence-electron chi connectivity index (χ2n) is 3.21. The number of nitrogens with zero attached hydrogens (tertiary/aromatic N) is 1. The molecule has 0 radical (unpaired) electrons. The van der Waals surface area contributed by atoms with Crippen molar-refractivity contribution in [3.63, 3.8) is 0 Å². The minimum absolute atomic E-state index is 0.0923. The fourth-order valence-corrected chi connectivity index (χ4v) is 1.24. The first-order valence-corrected chi connectivity index (χ1v) is 5.53. The molecule has 0 amide bonds. The number of rotatable bonds is 2. The van der Waals surface area contributed by atoms with Gasteiger partial charge in [0.05, 0.1) is 5.69 Å². The number of aromatic hydroxyl groups is 1. The molecule has 0 saturated carbocycles. The number of hydrogen-bond donors (Lipinski definition) is 2. The molecule has 2 rings (SSSR count). The summed E-state index contributed by atoms with van der Waals surface area (Å²) in [6.07, 6.45) is 6.43. The van der Waals surface area contributed by atoms with E-state index in [9.17, 15) is 9.90 Å². The minimum atomic E-state index is -0.162. The van der Waals surface area contributed by atoms with E-state index < -0.39 is 0 Å². The van der Waals surface area contributed by atoms with E-state index >= 15 is 0 Å². The second-order valence-corrected chi connectivity index (χ2v) is 3.21. The molecule has 6 heteroatoms. The van der Waals surface area contributed by atoms with Crippen LogP contribution in [0.4, 0.5) is 5.69 Å². The van der Waals surface area contributed by atoms with Gasteiger partial charge in [-0.2, -0.15) is 5.10 Å². The summed E-state index contributed by atoms with van der Waals surface area (Å²) >= 11 is 1.06. The van der Waals surface area contributed by atoms with E-state index in [1.807, 2.05) is 0 Å². The van der Waals surface area contributed by atoms with Crippen LogP contribution in [0, 0.1) is 0 Å². The molecule has 0 atom stereocenters. The summed E-state index contributed by atoms with van der Waals surface area (Å²) in [6.45, 7) is 0. The first-order valence-electron chi connectivity index (χ1n) is 4.96. The normalized spacial score (nSPS) is 15.1. The average molecular weight is 281 g/mol. The quantitative estimate of drug-likeness (QED) is 0.491. The van der Waals surface area contributed by atoms with E-state index in [0.29, 0.717) is 11.4 Å². The molecule has 91 valence electrons. The van der Waals surface area contributed by atoms with Crippen molar-refractivity contribution >= 4 is 17.2 Å². The first-order chi connectivity index (χ1) is 8.77. The van der Waals surface area contributed by atoms with Gasteiger partial charge >= 0.3 is 21.0 Å². The van der Waals surface area contributed by atoms with Crippen molar-refractivity contribution in [2.45, 2.75) is 0 Å². The van der Waals surface area contributed by atoms with Crippen LogP contribution < -0.4 is 5.43 Å². The van der Waals surface area contributed by atoms with E-state index in [1.165, 1.54) is 6.08 Å². The Balaban J connectivity index is 0.000000771. The molecule has 0 saturated heterocycles. The maximum atomic E-state index is 11.3. The van der Waals surface area contributed by atoms with Gasteiger partial charge in [0, 0.05) is 0 Å². The summed E-state index contributed by atoms with van der Waals surface area (Å²) in [7, 11) is 0. The Hall–Kier alpha value is -1.98. The van der Waals surface area contributed by atoms with Crippen LogP contribution >= 0.6 is 0 Å². The van der Waals surface area contributed by atoms with Gasteiger partial charge in [-0.15, -0.1) is 0 Å². The van der Waals surface area contributed by atoms with Crippen LogP contribution in [0.25, 0.3) is 0 Å². The van der Waals surface area contributed by atoms with E-state index in [-0.39, 0.29) is 11.5 Å². The molecule has 5 nitrogen and oxygen atoms in total. The van der Waals surface area contributed by atoms with E-state index in [1.54, 1.807) is 42.5 Å². The number of carbonyl (C=O) groups excluding carboxylic acids is 1. The molecule has 0 spiro atoms. The fourth-order valence-electron chi connectivity index (χ4n) is 1.24. The van der Waals surface area contributed by atoms with Crippen molar-refractivity contribution in [1.82, 2.24) is 0 Å². The summed E-state index contributed by atoms with van der Waals surface area (Å²) in [6, 6.07) is 6.69. The Morgan fingerprint density at radius 3 is 2.44 bits per heavy atom. The number of ketones is 1. The third-order valence-corrected chi connectivity index (χ3v) is 2.07. The summed E-state index contributed by atoms with van der Waals surface area (Å²) < 4.78 is 8.19. The van der Waals surface area contributed by atoms with Crippen molar-refractivity contribution in [1.29, 1.82) is 0 Å². The third kappa shape index (κ3) is 3.80. The molecular formula is C12H10N2O3V. The number of hydrogen-bond acceptors (Lipinski definition) is 5. The molecule has 1 aliphatic rings. The molecule has 0 aliphatic heterocycles. The molecule has 0 fully saturated rings. The van der Waals surface area contributed by atoms with Crippen molar-refractivity contribution in [2.75, 3.05) is 5.43 Å². The Morgan fingerprint density at radius 1 is 1.11 bits per heavy atom. The number of allylic oxidation sites excluding steroid dienone is 4. The fraction of sp³-hybridized carbons (Fsp3) is 0. The molecule has 2 N–H and O–H groups in total. The molecule has 0 unspecified atom stereocenters. The van der Waals surface area contributed by atoms with E-state index in [0.717, 1.165) is 17.4 Å². The van der Waals surface area contributed by atoms with Crippen molar-refractivity contribution < 1.29 is 30.9 Å². The van der Waals surface area contributed by atoms with Gasteiger partial charge in [0.1, 0.15) is 11.5 Å².